The van der Waals surface area contributed by atoms with Crippen molar-refractivity contribution >= 4 is 6.09 Å². The summed E-state index contributed by atoms with van der Waals surface area (Å²) in [7, 11) is 1.59. The minimum Gasteiger partial charge on any atom is -0.495 e. The SMILES string of the molecule is COc1ccc(C#CCCNC(=O)OCC2c3ccccc3-c3ccccc32)nc1. The average molecular weight is 398 g/mol. The molecular weight excluding hydrogens is 376 g/mol. The Morgan fingerprint density at radius 2 is 1.73 bits per heavy atom. The number of alkyl carbamates (subject to hydrolysis) is 1. The number of hydrogen-bond acceptors (Lipinski definition) is 4. The topological polar surface area (TPSA) is 60.5 Å². The first-order valence-corrected chi connectivity index (χ1v) is 9.84. The van der Waals surface area contributed by atoms with Crippen molar-refractivity contribution in [2.45, 2.75) is 12.3 Å². The molecule has 0 saturated heterocycles. The molecule has 0 spiro atoms. The van der Waals surface area contributed by atoms with E-state index in [1.165, 1.54) is 22.3 Å². The fourth-order valence-corrected chi connectivity index (χ4v) is 3.60. The van der Waals surface area contributed by atoms with Crippen LogP contribution in [0.3, 0.4) is 0 Å². The van der Waals surface area contributed by atoms with Gasteiger partial charge in [0.15, 0.2) is 0 Å². The van der Waals surface area contributed by atoms with E-state index in [0.29, 0.717) is 31.0 Å². The predicted molar refractivity (Wildman–Crippen MR) is 115 cm³/mol. The lowest BCUT2D eigenvalue weighted by Crippen LogP contribution is -2.26. The van der Waals surface area contributed by atoms with Crippen LogP contribution >= 0.6 is 0 Å². The summed E-state index contributed by atoms with van der Waals surface area (Å²) in [4.78, 5) is 16.3. The lowest BCUT2D eigenvalue weighted by molar-refractivity contribution is 0.143. The predicted octanol–water partition coefficient (Wildman–Crippen LogP) is 4.37. The van der Waals surface area contributed by atoms with Crippen molar-refractivity contribution in [1.82, 2.24) is 10.3 Å². The van der Waals surface area contributed by atoms with E-state index in [9.17, 15) is 4.79 Å². The van der Waals surface area contributed by atoms with E-state index in [0.717, 1.165) is 0 Å². The first kappa shape index (κ1) is 19.5. The number of ether oxygens (including phenoxy) is 2. The second-order valence-corrected chi connectivity index (χ2v) is 6.89. The summed E-state index contributed by atoms with van der Waals surface area (Å²) in [5, 5.41) is 2.76. The second-order valence-electron chi connectivity index (χ2n) is 6.89. The molecule has 1 amide bonds. The summed E-state index contributed by atoms with van der Waals surface area (Å²) in [6, 6.07) is 20.2. The fourth-order valence-electron chi connectivity index (χ4n) is 3.60. The van der Waals surface area contributed by atoms with Crippen LogP contribution in [0.15, 0.2) is 66.9 Å². The Morgan fingerprint density at radius 3 is 2.37 bits per heavy atom. The number of nitrogens with zero attached hydrogens (tertiary/aromatic N) is 1. The van der Waals surface area contributed by atoms with E-state index in [1.54, 1.807) is 19.4 Å². The number of pyridine rings is 1. The number of methoxy groups -OCH3 is 1. The first-order valence-electron chi connectivity index (χ1n) is 9.84. The summed E-state index contributed by atoms with van der Waals surface area (Å²) < 4.78 is 10.6. The van der Waals surface area contributed by atoms with Crippen LogP contribution in [0.5, 0.6) is 5.75 Å². The van der Waals surface area contributed by atoms with Gasteiger partial charge in [-0.25, -0.2) is 9.78 Å². The average Bonchev–Trinajstić information content (AvgIpc) is 3.12. The van der Waals surface area contributed by atoms with E-state index in [2.05, 4.69) is 46.4 Å². The highest BCUT2D eigenvalue weighted by molar-refractivity contribution is 5.79. The lowest BCUT2D eigenvalue weighted by Gasteiger charge is -2.14. The van der Waals surface area contributed by atoms with Crippen LogP contribution in [-0.4, -0.2) is 31.3 Å². The molecule has 150 valence electrons. The van der Waals surface area contributed by atoms with Gasteiger partial charge in [0.05, 0.1) is 13.3 Å². The maximum atomic E-state index is 12.1. The third-order valence-electron chi connectivity index (χ3n) is 5.05. The Hall–Kier alpha value is -3.78. The van der Waals surface area contributed by atoms with Gasteiger partial charge >= 0.3 is 6.09 Å². The smallest absolute Gasteiger partial charge is 0.407 e. The summed E-state index contributed by atoms with van der Waals surface area (Å²) in [5.74, 6) is 6.71. The van der Waals surface area contributed by atoms with Gasteiger partial charge in [-0.05, 0) is 40.3 Å². The minimum atomic E-state index is -0.429. The van der Waals surface area contributed by atoms with Crippen LogP contribution < -0.4 is 10.1 Å². The highest BCUT2D eigenvalue weighted by Crippen LogP contribution is 2.44. The Labute approximate surface area is 176 Å². The fraction of sp³-hybridized carbons (Fsp3) is 0.200. The van der Waals surface area contributed by atoms with Gasteiger partial charge in [0.1, 0.15) is 18.1 Å². The first-order chi connectivity index (χ1) is 14.8. The number of aromatic nitrogens is 1. The van der Waals surface area contributed by atoms with Crippen molar-refractivity contribution in [3.8, 4) is 28.7 Å². The zero-order chi connectivity index (χ0) is 20.8. The van der Waals surface area contributed by atoms with Crippen LogP contribution in [0.1, 0.15) is 29.2 Å². The number of hydrogen-bond donors (Lipinski definition) is 1. The summed E-state index contributed by atoms with van der Waals surface area (Å²) in [5.41, 5.74) is 5.49. The van der Waals surface area contributed by atoms with Crippen molar-refractivity contribution in [1.29, 1.82) is 0 Å². The van der Waals surface area contributed by atoms with E-state index in [-0.39, 0.29) is 5.92 Å². The molecule has 0 aliphatic heterocycles. The lowest BCUT2D eigenvalue weighted by atomic mass is 9.98. The quantitative estimate of drug-likeness (QED) is 0.512. The maximum absolute atomic E-state index is 12.1. The molecule has 1 heterocycles. The Balaban J connectivity index is 1.27. The number of carbonyl (C=O) groups excluding carboxylic acids is 1. The summed E-state index contributed by atoms with van der Waals surface area (Å²) >= 11 is 0. The molecule has 0 unspecified atom stereocenters. The number of benzene rings is 2. The molecule has 0 radical (unpaired) electrons. The number of fused-ring (bicyclic) bond motifs is 3. The van der Waals surface area contributed by atoms with Crippen molar-refractivity contribution in [2.75, 3.05) is 20.3 Å². The molecule has 3 aromatic rings. The Bertz CT molecular complexity index is 1050. The van der Waals surface area contributed by atoms with Gasteiger partial charge in [-0.2, -0.15) is 0 Å². The zero-order valence-electron chi connectivity index (χ0n) is 16.7. The van der Waals surface area contributed by atoms with Crippen LogP contribution in [-0.2, 0) is 4.74 Å². The van der Waals surface area contributed by atoms with Crippen molar-refractivity contribution in [3.05, 3.63) is 83.7 Å². The van der Waals surface area contributed by atoms with Crippen molar-refractivity contribution in [2.24, 2.45) is 0 Å². The van der Waals surface area contributed by atoms with Crippen LogP contribution in [0.2, 0.25) is 0 Å². The molecule has 5 nitrogen and oxygen atoms in total. The van der Waals surface area contributed by atoms with Crippen molar-refractivity contribution in [3.63, 3.8) is 0 Å². The maximum Gasteiger partial charge on any atom is 0.407 e. The third-order valence-corrected chi connectivity index (χ3v) is 5.05. The normalized spacial score (nSPS) is 11.6. The van der Waals surface area contributed by atoms with Gasteiger partial charge in [-0.1, -0.05) is 54.5 Å². The van der Waals surface area contributed by atoms with Gasteiger partial charge in [-0.3, -0.25) is 0 Å². The highest BCUT2D eigenvalue weighted by atomic mass is 16.5. The molecule has 1 aliphatic carbocycles. The molecule has 0 fully saturated rings. The third kappa shape index (κ3) is 4.28. The highest BCUT2D eigenvalue weighted by Gasteiger charge is 2.28. The molecule has 1 aliphatic rings. The van der Waals surface area contributed by atoms with Gasteiger partial charge in [-0.15, -0.1) is 0 Å². The van der Waals surface area contributed by atoms with Crippen molar-refractivity contribution < 1.29 is 14.3 Å². The number of nitrogens with one attached hydrogen (secondary N) is 1. The molecule has 2 aromatic carbocycles. The molecule has 1 aromatic heterocycles. The number of rotatable bonds is 5. The Kier molecular flexibility index (Phi) is 5.95. The van der Waals surface area contributed by atoms with E-state index in [1.807, 2.05) is 30.3 Å². The molecule has 0 bridgehead atoms. The largest absolute Gasteiger partial charge is 0.495 e. The number of amides is 1. The second kappa shape index (κ2) is 9.15. The molecule has 4 rings (SSSR count). The van der Waals surface area contributed by atoms with Crippen LogP contribution in [0, 0.1) is 11.8 Å². The van der Waals surface area contributed by atoms with E-state index < -0.39 is 6.09 Å². The molecule has 5 heteroatoms. The molecule has 0 saturated carbocycles. The van der Waals surface area contributed by atoms with Crippen LogP contribution in [0.4, 0.5) is 4.79 Å². The van der Waals surface area contributed by atoms with E-state index in [4.69, 9.17) is 9.47 Å². The molecule has 0 atom stereocenters. The van der Waals surface area contributed by atoms with Gasteiger partial charge in [0, 0.05) is 18.9 Å². The summed E-state index contributed by atoms with van der Waals surface area (Å²) in [6.07, 6.45) is 1.71. The molecular formula is C25H22N2O3. The van der Waals surface area contributed by atoms with E-state index >= 15 is 0 Å². The van der Waals surface area contributed by atoms with Gasteiger partial charge in [0.25, 0.3) is 0 Å². The Morgan fingerprint density at radius 1 is 1.03 bits per heavy atom. The standard InChI is InChI=1S/C25H22N2O3/c1-29-19-14-13-18(27-16-19)8-6-7-15-26-25(28)30-17-24-22-11-4-2-9-20(22)21-10-3-5-12-23(21)24/h2-5,9-14,16,24H,7,15,17H2,1H3,(H,26,28). The molecule has 1 N–H and O–H groups in total. The van der Waals surface area contributed by atoms with Crippen LogP contribution in [0.25, 0.3) is 11.1 Å². The molecule has 30 heavy (non-hydrogen) atoms. The number of carbonyl (C=O) groups is 1. The minimum absolute atomic E-state index is 0.0593. The zero-order valence-corrected chi connectivity index (χ0v) is 16.7. The van der Waals surface area contributed by atoms with Gasteiger partial charge < -0.3 is 14.8 Å². The van der Waals surface area contributed by atoms with Gasteiger partial charge in [0.2, 0.25) is 0 Å². The summed E-state index contributed by atoms with van der Waals surface area (Å²) in [6.45, 7) is 0.723. The monoisotopic (exact) mass is 398 g/mol.